The first kappa shape index (κ1) is 12.6. The Morgan fingerprint density at radius 3 is 3.06 bits per heavy atom. The standard InChI is InChI=1S/C13H16BrNO2/c1-9-7-12(5-6-17-9)15-13(16)10-3-2-4-11(14)8-10/h2-4,8-9,12H,5-7H2,1H3,(H,15,16). The van der Waals surface area contributed by atoms with E-state index in [9.17, 15) is 4.79 Å². The summed E-state index contributed by atoms with van der Waals surface area (Å²) in [6.07, 6.45) is 2.01. The number of hydrogen-bond acceptors (Lipinski definition) is 2. The van der Waals surface area contributed by atoms with Crippen LogP contribution in [0.2, 0.25) is 0 Å². The van der Waals surface area contributed by atoms with E-state index in [1.807, 2.05) is 31.2 Å². The minimum atomic E-state index is -0.00889. The second-order valence-corrected chi connectivity index (χ2v) is 5.30. The molecule has 1 amide bonds. The summed E-state index contributed by atoms with van der Waals surface area (Å²) in [6.45, 7) is 2.77. The molecule has 17 heavy (non-hydrogen) atoms. The average molecular weight is 298 g/mol. The van der Waals surface area contributed by atoms with Gasteiger partial charge in [0.2, 0.25) is 0 Å². The maximum Gasteiger partial charge on any atom is 0.251 e. The highest BCUT2D eigenvalue weighted by Gasteiger charge is 2.21. The van der Waals surface area contributed by atoms with Crippen molar-refractivity contribution >= 4 is 21.8 Å². The van der Waals surface area contributed by atoms with Crippen molar-refractivity contribution in [3.05, 3.63) is 34.3 Å². The molecule has 0 aliphatic carbocycles. The molecule has 92 valence electrons. The first-order valence-corrected chi connectivity index (χ1v) is 6.62. The SMILES string of the molecule is CC1CC(NC(=O)c2cccc(Br)c2)CCO1. The summed E-state index contributed by atoms with van der Waals surface area (Å²) in [5.74, 6) is -0.00889. The smallest absolute Gasteiger partial charge is 0.251 e. The highest BCUT2D eigenvalue weighted by molar-refractivity contribution is 9.10. The van der Waals surface area contributed by atoms with Gasteiger partial charge in [0.1, 0.15) is 0 Å². The van der Waals surface area contributed by atoms with Gasteiger partial charge in [-0.25, -0.2) is 0 Å². The van der Waals surface area contributed by atoms with E-state index in [2.05, 4.69) is 21.2 Å². The van der Waals surface area contributed by atoms with E-state index in [0.717, 1.165) is 23.9 Å². The van der Waals surface area contributed by atoms with Crippen LogP contribution in [0.15, 0.2) is 28.7 Å². The van der Waals surface area contributed by atoms with E-state index in [0.29, 0.717) is 5.56 Å². The number of carbonyl (C=O) groups is 1. The quantitative estimate of drug-likeness (QED) is 0.911. The lowest BCUT2D eigenvalue weighted by Crippen LogP contribution is -2.41. The first-order chi connectivity index (χ1) is 8.15. The van der Waals surface area contributed by atoms with Crippen LogP contribution in [0.25, 0.3) is 0 Å². The molecule has 2 unspecified atom stereocenters. The molecule has 3 nitrogen and oxygen atoms in total. The molecule has 1 fully saturated rings. The molecular weight excluding hydrogens is 282 g/mol. The van der Waals surface area contributed by atoms with Gasteiger partial charge in [0, 0.05) is 22.7 Å². The summed E-state index contributed by atoms with van der Waals surface area (Å²) in [5.41, 5.74) is 0.693. The van der Waals surface area contributed by atoms with Crippen LogP contribution in [0.5, 0.6) is 0 Å². The Bertz CT molecular complexity index is 408. The van der Waals surface area contributed by atoms with Crippen LogP contribution in [-0.2, 0) is 4.74 Å². The molecule has 1 N–H and O–H groups in total. The molecule has 1 saturated heterocycles. The number of hydrogen-bond donors (Lipinski definition) is 1. The van der Waals surface area contributed by atoms with Crippen molar-refractivity contribution in [3.8, 4) is 0 Å². The summed E-state index contributed by atoms with van der Waals surface area (Å²) < 4.78 is 6.38. The molecule has 1 aliphatic rings. The average Bonchev–Trinajstić information content (AvgIpc) is 2.29. The third-order valence-electron chi connectivity index (χ3n) is 2.91. The minimum Gasteiger partial charge on any atom is -0.378 e. The summed E-state index contributed by atoms with van der Waals surface area (Å²) in [6, 6.07) is 7.66. The number of carbonyl (C=O) groups excluding carboxylic acids is 1. The number of nitrogens with one attached hydrogen (secondary N) is 1. The normalized spacial score (nSPS) is 24.4. The lowest BCUT2D eigenvalue weighted by Gasteiger charge is -2.27. The lowest BCUT2D eigenvalue weighted by atomic mass is 10.0. The molecule has 0 spiro atoms. The van der Waals surface area contributed by atoms with Crippen LogP contribution in [-0.4, -0.2) is 24.7 Å². The zero-order chi connectivity index (χ0) is 12.3. The zero-order valence-corrected chi connectivity index (χ0v) is 11.4. The van der Waals surface area contributed by atoms with E-state index in [1.165, 1.54) is 0 Å². The number of rotatable bonds is 2. The van der Waals surface area contributed by atoms with Gasteiger partial charge in [-0.2, -0.15) is 0 Å². The molecular formula is C13H16BrNO2. The third kappa shape index (κ3) is 3.54. The molecule has 1 aromatic rings. The van der Waals surface area contributed by atoms with Gasteiger partial charge in [0.25, 0.3) is 5.91 Å². The van der Waals surface area contributed by atoms with Crippen molar-refractivity contribution in [1.82, 2.24) is 5.32 Å². The predicted molar refractivity (Wildman–Crippen MR) is 70.0 cm³/mol. The second kappa shape index (κ2) is 5.65. The van der Waals surface area contributed by atoms with Gasteiger partial charge >= 0.3 is 0 Å². The topological polar surface area (TPSA) is 38.3 Å². The van der Waals surface area contributed by atoms with Crippen LogP contribution in [0.1, 0.15) is 30.1 Å². The molecule has 1 heterocycles. The van der Waals surface area contributed by atoms with Gasteiger partial charge in [-0.3, -0.25) is 4.79 Å². The summed E-state index contributed by atoms with van der Waals surface area (Å²) in [7, 11) is 0. The Morgan fingerprint density at radius 1 is 1.53 bits per heavy atom. The van der Waals surface area contributed by atoms with E-state index >= 15 is 0 Å². The number of halogens is 1. The van der Waals surface area contributed by atoms with Crippen LogP contribution in [0, 0.1) is 0 Å². The Hall–Kier alpha value is -0.870. The van der Waals surface area contributed by atoms with Crippen LogP contribution in [0.3, 0.4) is 0 Å². The van der Waals surface area contributed by atoms with Crippen molar-refractivity contribution in [1.29, 1.82) is 0 Å². The van der Waals surface area contributed by atoms with Gasteiger partial charge < -0.3 is 10.1 Å². The first-order valence-electron chi connectivity index (χ1n) is 5.83. The van der Waals surface area contributed by atoms with Gasteiger partial charge in [-0.15, -0.1) is 0 Å². The van der Waals surface area contributed by atoms with Crippen LogP contribution < -0.4 is 5.32 Å². The van der Waals surface area contributed by atoms with E-state index in [4.69, 9.17) is 4.74 Å². The van der Waals surface area contributed by atoms with Gasteiger partial charge in [0.15, 0.2) is 0 Å². The maximum absolute atomic E-state index is 12.0. The zero-order valence-electron chi connectivity index (χ0n) is 9.78. The van der Waals surface area contributed by atoms with Crippen molar-refractivity contribution in [2.45, 2.75) is 31.9 Å². The number of benzene rings is 1. The highest BCUT2D eigenvalue weighted by Crippen LogP contribution is 2.15. The fraction of sp³-hybridized carbons (Fsp3) is 0.462. The van der Waals surface area contributed by atoms with Gasteiger partial charge in [-0.05, 0) is 38.0 Å². The number of amides is 1. The van der Waals surface area contributed by atoms with E-state index in [1.54, 1.807) is 0 Å². The Labute approximate surface area is 110 Å². The molecule has 2 atom stereocenters. The Kier molecular flexibility index (Phi) is 4.18. The fourth-order valence-corrected chi connectivity index (χ4v) is 2.43. The van der Waals surface area contributed by atoms with E-state index < -0.39 is 0 Å². The van der Waals surface area contributed by atoms with Crippen LogP contribution in [0.4, 0.5) is 0 Å². The second-order valence-electron chi connectivity index (χ2n) is 4.39. The lowest BCUT2D eigenvalue weighted by molar-refractivity contribution is 0.0136. The molecule has 4 heteroatoms. The monoisotopic (exact) mass is 297 g/mol. The fourth-order valence-electron chi connectivity index (χ4n) is 2.03. The predicted octanol–water partition coefficient (Wildman–Crippen LogP) is 2.75. The maximum atomic E-state index is 12.0. The third-order valence-corrected chi connectivity index (χ3v) is 3.40. The molecule has 1 aliphatic heterocycles. The summed E-state index contributed by atoms with van der Waals surface area (Å²) >= 11 is 3.37. The Morgan fingerprint density at radius 2 is 2.35 bits per heavy atom. The van der Waals surface area contributed by atoms with Gasteiger partial charge in [-0.1, -0.05) is 22.0 Å². The number of ether oxygens (including phenoxy) is 1. The van der Waals surface area contributed by atoms with Crippen molar-refractivity contribution in [3.63, 3.8) is 0 Å². The van der Waals surface area contributed by atoms with Gasteiger partial charge in [0.05, 0.1) is 6.10 Å². The minimum absolute atomic E-state index is 0.00889. The summed E-state index contributed by atoms with van der Waals surface area (Å²) in [5, 5.41) is 3.05. The molecule has 0 saturated carbocycles. The van der Waals surface area contributed by atoms with Crippen molar-refractivity contribution in [2.75, 3.05) is 6.61 Å². The molecule has 1 aromatic carbocycles. The molecule has 0 bridgehead atoms. The van der Waals surface area contributed by atoms with Crippen molar-refractivity contribution < 1.29 is 9.53 Å². The highest BCUT2D eigenvalue weighted by atomic mass is 79.9. The molecule has 2 rings (SSSR count). The summed E-state index contributed by atoms with van der Waals surface area (Å²) in [4.78, 5) is 12.0. The largest absolute Gasteiger partial charge is 0.378 e. The molecule has 0 radical (unpaired) electrons. The van der Waals surface area contributed by atoms with E-state index in [-0.39, 0.29) is 18.1 Å². The molecule has 0 aromatic heterocycles. The van der Waals surface area contributed by atoms with Crippen LogP contribution >= 0.6 is 15.9 Å². The van der Waals surface area contributed by atoms with Crippen molar-refractivity contribution in [2.24, 2.45) is 0 Å². The Balaban J connectivity index is 1.97.